The molecular weight excluding hydrogens is 363 g/mol. The summed E-state index contributed by atoms with van der Waals surface area (Å²) in [4.78, 5) is 3.33. The van der Waals surface area contributed by atoms with Gasteiger partial charge in [-0.1, -0.05) is 33.6 Å². The van der Waals surface area contributed by atoms with Gasteiger partial charge in [0.15, 0.2) is 5.82 Å². The summed E-state index contributed by atoms with van der Waals surface area (Å²) in [5.41, 5.74) is 1.03. The molecule has 120 valence electrons. The molecule has 0 unspecified atom stereocenters. The molecule has 0 aliphatic heterocycles. The Morgan fingerprint density at radius 1 is 1.18 bits per heavy atom. The normalized spacial score (nSPS) is 11.6. The van der Waals surface area contributed by atoms with Gasteiger partial charge in [-0.3, -0.25) is 0 Å². The Hall–Kier alpha value is -1.57. The zero-order chi connectivity index (χ0) is 16.0. The summed E-state index contributed by atoms with van der Waals surface area (Å²) in [6.07, 6.45) is -1.68. The van der Waals surface area contributed by atoms with Crippen molar-refractivity contribution >= 4 is 21.6 Å². The quantitative estimate of drug-likeness (QED) is 0.712. The van der Waals surface area contributed by atoms with Crippen molar-refractivity contribution in [2.24, 2.45) is 0 Å². The highest BCUT2D eigenvalue weighted by Crippen LogP contribution is 2.27. The first-order chi connectivity index (χ1) is 10.4. The Bertz CT molecular complexity index is 601. The number of nitrogens with zero attached hydrogens (tertiary/aromatic N) is 2. The summed E-state index contributed by atoms with van der Waals surface area (Å²) in [6.45, 7) is 0.802. The Morgan fingerprint density at radius 2 is 2.00 bits per heavy atom. The molecule has 1 heterocycles. The van der Waals surface area contributed by atoms with Crippen LogP contribution in [0.4, 0.5) is 18.9 Å². The Morgan fingerprint density at radius 3 is 2.68 bits per heavy atom. The Kier molecular flexibility index (Phi) is 5.82. The van der Waals surface area contributed by atoms with Crippen LogP contribution in [-0.2, 0) is 12.6 Å². The van der Waals surface area contributed by atoms with Crippen molar-refractivity contribution in [3.8, 4) is 0 Å². The highest BCUT2D eigenvalue weighted by Gasteiger charge is 2.38. The van der Waals surface area contributed by atoms with Crippen LogP contribution in [0.1, 0.15) is 31.0 Å². The van der Waals surface area contributed by atoms with E-state index in [1.807, 2.05) is 24.3 Å². The van der Waals surface area contributed by atoms with E-state index in [0.717, 1.165) is 36.0 Å². The maximum Gasteiger partial charge on any atom is 0.471 e. The number of halogens is 4. The number of hydrogen-bond donors (Lipinski definition) is 1. The van der Waals surface area contributed by atoms with E-state index in [-0.39, 0.29) is 5.82 Å². The molecule has 0 saturated carbocycles. The number of benzene rings is 1. The van der Waals surface area contributed by atoms with Gasteiger partial charge >= 0.3 is 12.1 Å². The first-order valence-electron chi connectivity index (χ1n) is 6.84. The molecule has 1 aromatic heterocycles. The monoisotopic (exact) mass is 377 g/mol. The summed E-state index contributed by atoms with van der Waals surface area (Å²) < 4.78 is 42.0. The van der Waals surface area contributed by atoms with Gasteiger partial charge in [0.25, 0.3) is 0 Å². The van der Waals surface area contributed by atoms with Gasteiger partial charge in [-0.25, -0.2) is 0 Å². The maximum atomic E-state index is 12.3. The minimum absolute atomic E-state index is 0.104. The lowest BCUT2D eigenvalue weighted by atomic mass is 10.2. The smallest absolute Gasteiger partial charge is 0.385 e. The number of rotatable bonds is 7. The summed E-state index contributed by atoms with van der Waals surface area (Å²) in [5, 5.41) is 6.61. The fraction of sp³-hybridized carbons (Fsp3) is 0.429. The van der Waals surface area contributed by atoms with Crippen LogP contribution >= 0.6 is 15.9 Å². The van der Waals surface area contributed by atoms with Gasteiger partial charge in [-0.05, 0) is 31.0 Å². The first-order valence-corrected chi connectivity index (χ1v) is 7.63. The molecule has 0 bridgehead atoms. The van der Waals surface area contributed by atoms with Crippen LogP contribution in [-0.4, -0.2) is 16.7 Å². The van der Waals surface area contributed by atoms with Crippen LogP contribution in [0, 0.1) is 0 Å². The largest absolute Gasteiger partial charge is 0.471 e. The number of anilines is 1. The SMILES string of the molecule is FC(F)(F)c1nc(CCCCCNc2cccc(Br)c2)no1. The predicted octanol–water partition coefficient (Wildman–Crippen LogP) is 4.68. The third-order valence-corrected chi connectivity index (χ3v) is 3.43. The standard InChI is InChI=1S/C14H15BrF3N3O/c15-10-5-4-6-11(9-10)19-8-3-1-2-7-12-20-13(22-21-12)14(16,17)18/h4-6,9,19H,1-3,7-8H2. The average Bonchev–Trinajstić information content (AvgIpc) is 2.91. The average molecular weight is 378 g/mol. The van der Waals surface area contributed by atoms with Crippen molar-refractivity contribution < 1.29 is 17.7 Å². The van der Waals surface area contributed by atoms with Crippen molar-refractivity contribution in [2.75, 3.05) is 11.9 Å². The van der Waals surface area contributed by atoms with Crippen LogP contribution in [0.5, 0.6) is 0 Å². The fourth-order valence-corrected chi connectivity index (χ4v) is 2.29. The lowest BCUT2D eigenvalue weighted by Crippen LogP contribution is -2.05. The molecular formula is C14H15BrF3N3O. The van der Waals surface area contributed by atoms with E-state index in [2.05, 4.69) is 35.9 Å². The van der Waals surface area contributed by atoms with E-state index >= 15 is 0 Å². The van der Waals surface area contributed by atoms with Gasteiger partial charge in [0.2, 0.25) is 0 Å². The minimum Gasteiger partial charge on any atom is -0.385 e. The van der Waals surface area contributed by atoms with Gasteiger partial charge < -0.3 is 9.84 Å². The molecule has 4 nitrogen and oxygen atoms in total. The van der Waals surface area contributed by atoms with E-state index in [1.54, 1.807) is 0 Å². The molecule has 2 aromatic rings. The second kappa shape index (κ2) is 7.62. The van der Waals surface area contributed by atoms with E-state index in [1.165, 1.54) is 0 Å². The van der Waals surface area contributed by atoms with Crippen LogP contribution in [0.15, 0.2) is 33.3 Å². The molecule has 0 aliphatic carbocycles. The number of unbranched alkanes of at least 4 members (excludes halogenated alkanes) is 2. The first kappa shape index (κ1) is 16.8. The molecule has 2 rings (SSSR count). The topological polar surface area (TPSA) is 51.0 Å². The second-order valence-electron chi connectivity index (χ2n) is 4.76. The molecule has 0 atom stereocenters. The van der Waals surface area contributed by atoms with Crippen molar-refractivity contribution in [1.82, 2.24) is 10.1 Å². The zero-order valence-corrected chi connectivity index (χ0v) is 13.2. The summed E-state index contributed by atoms with van der Waals surface area (Å²) >= 11 is 3.39. The highest BCUT2D eigenvalue weighted by atomic mass is 79.9. The zero-order valence-electron chi connectivity index (χ0n) is 11.7. The van der Waals surface area contributed by atoms with Crippen molar-refractivity contribution in [3.63, 3.8) is 0 Å². The van der Waals surface area contributed by atoms with Crippen molar-refractivity contribution in [1.29, 1.82) is 0 Å². The lowest BCUT2D eigenvalue weighted by Gasteiger charge is -2.06. The Labute approximate surface area is 134 Å². The molecule has 0 saturated heterocycles. The summed E-state index contributed by atoms with van der Waals surface area (Å²) in [5.74, 6) is -1.17. The number of aryl methyl sites for hydroxylation is 1. The summed E-state index contributed by atoms with van der Waals surface area (Å²) in [6, 6.07) is 7.85. The summed E-state index contributed by atoms with van der Waals surface area (Å²) in [7, 11) is 0. The molecule has 22 heavy (non-hydrogen) atoms. The molecule has 0 amide bonds. The van der Waals surface area contributed by atoms with E-state index in [9.17, 15) is 13.2 Å². The van der Waals surface area contributed by atoms with Gasteiger partial charge in [-0.2, -0.15) is 18.2 Å². The van der Waals surface area contributed by atoms with Crippen LogP contribution in [0.25, 0.3) is 0 Å². The van der Waals surface area contributed by atoms with Crippen LogP contribution < -0.4 is 5.32 Å². The highest BCUT2D eigenvalue weighted by molar-refractivity contribution is 9.10. The molecule has 0 aliphatic rings. The fourth-order valence-electron chi connectivity index (χ4n) is 1.89. The molecule has 0 spiro atoms. The van der Waals surface area contributed by atoms with Crippen molar-refractivity contribution in [3.05, 3.63) is 40.5 Å². The van der Waals surface area contributed by atoms with Gasteiger partial charge in [-0.15, -0.1) is 0 Å². The number of nitrogens with one attached hydrogen (secondary N) is 1. The van der Waals surface area contributed by atoms with E-state index in [0.29, 0.717) is 6.42 Å². The molecule has 1 aromatic carbocycles. The van der Waals surface area contributed by atoms with Gasteiger partial charge in [0.05, 0.1) is 0 Å². The number of hydrogen-bond acceptors (Lipinski definition) is 4. The maximum absolute atomic E-state index is 12.3. The third-order valence-electron chi connectivity index (χ3n) is 2.94. The predicted molar refractivity (Wildman–Crippen MR) is 79.5 cm³/mol. The minimum atomic E-state index is -4.57. The molecule has 0 fully saturated rings. The van der Waals surface area contributed by atoms with Crippen molar-refractivity contribution in [2.45, 2.75) is 31.9 Å². The number of aromatic nitrogens is 2. The van der Waals surface area contributed by atoms with Gasteiger partial charge in [0.1, 0.15) is 0 Å². The molecule has 0 radical (unpaired) electrons. The van der Waals surface area contributed by atoms with E-state index in [4.69, 9.17) is 0 Å². The number of alkyl halides is 3. The third kappa shape index (κ3) is 5.32. The van der Waals surface area contributed by atoms with E-state index < -0.39 is 12.1 Å². The molecule has 8 heteroatoms. The molecule has 1 N–H and O–H groups in total. The van der Waals surface area contributed by atoms with Crippen LogP contribution in [0.2, 0.25) is 0 Å². The Balaban J connectivity index is 1.62. The van der Waals surface area contributed by atoms with Gasteiger partial charge in [0, 0.05) is 23.1 Å². The lowest BCUT2D eigenvalue weighted by molar-refractivity contribution is -0.159. The second-order valence-corrected chi connectivity index (χ2v) is 5.68. The van der Waals surface area contributed by atoms with Crippen LogP contribution in [0.3, 0.4) is 0 Å².